The van der Waals surface area contributed by atoms with Crippen LogP contribution in [-0.2, 0) is 17.8 Å². The Labute approximate surface area is 164 Å². The molecule has 146 valence electrons. The maximum Gasteiger partial charge on any atom is 0.238 e. The van der Waals surface area contributed by atoms with Crippen molar-refractivity contribution in [1.29, 1.82) is 0 Å². The Hall–Kier alpha value is -2.45. The molecular formula is C19H28N6OS. The second-order valence-electron chi connectivity index (χ2n) is 6.45. The van der Waals surface area contributed by atoms with E-state index < -0.39 is 0 Å². The number of hydrogen-bond acceptors (Lipinski definition) is 5. The Morgan fingerprint density at radius 2 is 2.11 bits per heavy atom. The number of carbonyl (C=O) groups excluding carboxylic acids is 1. The van der Waals surface area contributed by atoms with Crippen LogP contribution in [-0.4, -0.2) is 56.0 Å². The summed E-state index contributed by atoms with van der Waals surface area (Å²) in [5.41, 5.74) is 1.86. The van der Waals surface area contributed by atoms with Crippen molar-refractivity contribution in [2.75, 3.05) is 39.5 Å². The summed E-state index contributed by atoms with van der Waals surface area (Å²) in [4.78, 5) is 23.6. The molecule has 0 aliphatic carbocycles. The molecule has 0 atom stereocenters. The van der Waals surface area contributed by atoms with Gasteiger partial charge < -0.3 is 20.9 Å². The highest BCUT2D eigenvalue weighted by molar-refractivity contribution is 7.11. The summed E-state index contributed by atoms with van der Waals surface area (Å²) in [6.45, 7) is 3.81. The highest BCUT2D eigenvalue weighted by atomic mass is 32.1. The minimum atomic E-state index is -0.0278. The van der Waals surface area contributed by atoms with E-state index in [0.29, 0.717) is 13.1 Å². The Kier molecular flexibility index (Phi) is 8.22. The van der Waals surface area contributed by atoms with Crippen molar-refractivity contribution in [1.82, 2.24) is 20.5 Å². The molecule has 1 aromatic heterocycles. The summed E-state index contributed by atoms with van der Waals surface area (Å²) in [6.07, 6.45) is 2.77. The topological polar surface area (TPSA) is 81.6 Å². The first-order chi connectivity index (χ1) is 13.0. The molecule has 1 heterocycles. The molecule has 0 saturated heterocycles. The number of hydrogen-bond donors (Lipinski definition) is 3. The molecule has 7 nitrogen and oxygen atoms in total. The van der Waals surface area contributed by atoms with Gasteiger partial charge in [0.15, 0.2) is 5.96 Å². The number of nitrogens with zero attached hydrogens (tertiary/aromatic N) is 3. The van der Waals surface area contributed by atoms with E-state index in [-0.39, 0.29) is 5.91 Å². The van der Waals surface area contributed by atoms with Gasteiger partial charge in [-0.05, 0) is 38.7 Å². The van der Waals surface area contributed by atoms with Crippen LogP contribution in [0.2, 0.25) is 0 Å². The molecule has 2 aromatic rings. The van der Waals surface area contributed by atoms with Crippen LogP contribution in [0.1, 0.15) is 15.4 Å². The first-order valence-corrected chi connectivity index (χ1v) is 9.67. The molecule has 0 bridgehead atoms. The first-order valence-electron chi connectivity index (χ1n) is 8.85. The number of carbonyl (C=O) groups is 1. The van der Waals surface area contributed by atoms with Gasteiger partial charge in [0.05, 0.1) is 11.6 Å². The van der Waals surface area contributed by atoms with Crippen molar-refractivity contribution in [3.05, 3.63) is 45.9 Å². The molecule has 8 heteroatoms. The third-order valence-electron chi connectivity index (χ3n) is 3.65. The van der Waals surface area contributed by atoms with Crippen LogP contribution < -0.4 is 16.0 Å². The van der Waals surface area contributed by atoms with Crippen LogP contribution in [0, 0.1) is 6.92 Å². The fraction of sp³-hybridized carbons (Fsp3) is 0.421. The quantitative estimate of drug-likeness (QED) is 0.475. The number of aryl methyl sites for hydroxylation is 1. The molecule has 0 fully saturated rings. The van der Waals surface area contributed by atoms with Gasteiger partial charge in [0, 0.05) is 43.3 Å². The van der Waals surface area contributed by atoms with E-state index in [9.17, 15) is 4.79 Å². The lowest BCUT2D eigenvalue weighted by Crippen LogP contribution is -2.37. The molecule has 0 aliphatic rings. The molecule has 2 rings (SSSR count). The van der Waals surface area contributed by atoms with Crippen LogP contribution in [0.5, 0.6) is 0 Å². The summed E-state index contributed by atoms with van der Waals surface area (Å²) in [6, 6.07) is 7.80. The lowest BCUT2D eigenvalue weighted by molar-refractivity contribution is -0.116. The van der Waals surface area contributed by atoms with E-state index in [1.165, 1.54) is 4.88 Å². The lowest BCUT2D eigenvalue weighted by Gasteiger charge is -2.13. The number of guanidine groups is 1. The van der Waals surface area contributed by atoms with E-state index in [4.69, 9.17) is 0 Å². The van der Waals surface area contributed by atoms with Crippen molar-refractivity contribution < 1.29 is 4.79 Å². The third kappa shape index (κ3) is 7.76. The molecule has 0 spiro atoms. The predicted molar refractivity (Wildman–Crippen MR) is 112 cm³/mol. The minimum absolute atomic E-state index is 0.0278. The van der Waals surface area contributed by atoms with Gasteiger partial charge in [0.25, 0.3) is 0 Å². The van der Waals surface area contributed by atoms with Crippen molar-refractivity contribution >= 4 is 28.9 Å². The van der Waals surface area contributed by atoms with E-state index in [0.717, 1.165) is 35.2 Å². The predicted octanol–water partition coefficient (Wildman–Crippen LogP) is 1.86. The van der Waals surface area contributed by atoms with Gasteiger partial charge in [0.2, 0.25) is 5.91 Å². The van der Waals surface area contributed by atoms with Crippen molar-refractivity contribution in [3.8, 4) is 0 Å². The van der Waals surface area contributed by atoms with Gasteiger partial charge in [-0.2, -0.15) is 0 Å². The number of aromatic nitrogens is 1. The number of rotatable bonds is 8. The SMILES string of the molecule is CN=C(NCCc1ncc(C)s1)NCc1cccc(NC(=O)CN(C)C)c1. The minimum Gasteiger partial charge on any atom is -0.356 e. The van der Waals surface area contributed by atoms with E-state index in [2.05, 4.69) is 32.9 Å². The molecular weight excluding hydrogens is 360 g/mol. The zero-order valence-electron chi connectivity index (χ0n) is 16.4. The second-order valence-corrected chi connectivity index (χ2v) is 7.77. The Balaban J connectivity index is 1.79. The number of nitrogens with one attached hydrogen (secondary N) is 3. The van der Waals surface area contributed by atoms with Crippen molar-refractivity contribution in [2.45, 2.75) is 19.9 Å². The van der Waals surface area contributed by atoms with Gasteiger partial charge in [-0.15, -0.1) is 11.3 Å². The van der Waals surface area contributed by atoms with E-state index in [1.54, 1.807) is 18.4 Å². The average Bonchev–Trinajstić information content (AvgIpc) is 3.02. The van der Waals surface area contributed by atoms with Gasteiger partial charge in [0.1, 0.15) is 0 Å². The smallest absolute Gasteiger partial charge is 0.238 e. The molecule has 0 saturated carbocycles. The van der Waals surface area contributed by atoms with Gasteiger partial charge in [-0.3, -0.25) is 9.79 Å². The highest BCUT2D eigenvalue weighted by Gasteiger charge is 2.05. The molecule has 0 aliphatic heterocycles. The zero-order chi connectivity index (χ0) is 19.6. The summed E-state index contributed by atoms with van der Waals surface area (Å²) in [5.74, 6) is 0.713. The number of anilines is 1. The Morgan fingerprint density at radius 1 is 1.30 bits per heavy atom. The van der Waals surface area contributed by atoms with E-state index in [1.807, 2.05) is 49.5 Å². The summed E-state index contributed by atoms with van der Waals surface area (Å²) in [5, 5.41) is 10.6. The van der Waals surface area contributed by atoms with Crippen molar-refractivity contribution in [3.63, 3.8) is 0 Å². The second kappa shape index (κ2) is 10.6. The molecule has 27 heavy (non-hydrogen) atoms. The van der Waals surface area contributed by atoms with Crippen LogP contribution in [0.4, 0.5) is 5.69 Å². The van der Waals surface area contributed by atoms with Crippen LogP contribution in [0.3, 0.4) is 0 Å². The highest BCUT2D eigenvalue weighted by Crippen LogP contribution is 2.11. The number of likely N-dealkylation sites (N-methyl/N-ethyl adjacent to an activating group) is 1. The van der Waals surface area contributed by atoms with Crippen LogP contribution >= 0.6 is 11.3 Å². The van der Waals surface area contributed by atoms with Crippen LogP contribution in [0.15, 0.2) is 35.5 Å². The Bertz CT molecular complexity index is 771. The largest absolute Gasteiger partial charge is 0.356 e. The van der Waals surface area contributed by atoms with E-state index >= 15 is 0 Å². The number of amides is 1. The molecule has 1 amide bonds. The number of benzene rings is 1. The fourth-order valence-corrected chi connectivity index (χ4v) is 3.24. The number of aliphatic imine (C=N–C) groups is 1. The summed E-state index contributed by atoms with van der Waals surface area (Å²) >= 11 is 1.72. The van der Waals surface area contributed by atoms with Gasteiger partial charge in [-0.25, -0.2) is 4.98 Å². The normalized spacial score (nSPS) is 11.5. The maximum absolute atomic E-state index is 11.9. The molecule has 0 radical (unpaired) electrons. The summed E-state index contributed by atoms with van der Waals surface area (Å²) in [7, 11) is 5.49. The monoisotopic (exact) mass is 388 g/mol. The summed E-state index contributed by atoms with van der Waals surface area (Å²) < 4.78 is 0. The third-order valence-corrected chi connectivity index (χ3v) is 4.63. The van der Waals surface area contributed by atoms with Crippen LogP contribution in [0.25, 0.3) is 0 Å². The zero-order valence-corrected chi connectivity index (χ0v) is 17.2. The Morgan fingerprint density at radius 3 is 2.78 bits per heavy atom. The lowest BCUT2D eigenvalue weighted by atomic mass is 10.2. The van der Waals surface area contributed by atoms with Crippen molar-refractivity contribution in [2.24, 2.45) is 4.99 Å². The first kappa shape index (κ1) is 20.9. The standard InChI is InChI=1S/C19H28N6OS/c1-14-11-22-18(27-14)8-9-21-19(20-2)23-12-15-6-5-7-16(10-15)24-17(26)13-25(3)4/h5-7,10-11H,8-9,12-13H2,1-4H3,(H,24,26)(H2,20,21,23). The molecule has 0 unspecified atom stereocenters. The maximum atomic E-state index is 11.9. The number of thiazole rings is 1. The van der Waals surface area contributed by atoms with Gasteiger partial charge in [-0.1, -0.05) is 12.1 Å². The molecule has 3 N–H and O–H groups in total. The fourth-order valence-electron chi connectivity index (χ4n) is 2.46. The van der Waals surface area contributed by atoms with Gasteiger partial charge >= 0.3 is 0 Å². The average molecular weight is 389 g/mol. The molecule has 1 aromatic carbocycles.